The summed E-state index contributed by atoms with van der Waals surface area (Å²) in [5.41, 5.74) is 4.44. The zero-order valence-electron chi connectivity index (χ0n) is 16.0. The summed E-state index contributed by atoms with van der Waals surface area (Å²) < 4.78 is 5.22. The molecule has 0 radical (unpaired) electrons. The van der Waals surface area contributed by atoms with E-state index in [-0.39, 0.29) is 23.7 Å². The van der Waals surface area contributed by atoms with Crippen LogP contribution in [0.1, 0.15) is 76.9 Å². The number of nitrogens with zero attached hydrogens (tertiary/aromatic N) is 1. The maximum absolute atomic E-state index is 13.3. The number of anilines is 1. The molecule has 2 aromatic rings. The van der Waals surface area contributed by atoms with Crippen molar-refractivity contribution in [1.82, 2.24) is 0 Å². The molecule has 1 heterocycles. The van der Waals surface area contributed by atoms with E-state index in [1.807, 2.05) is 24.3 Å². The number of hydrogen-bond donors (Lipinski definition) is 0. The highest BCUT2D eigenvalue weighted by molar-refractivity contribution is 6.35. The normalized spacial score (nSPS) is 13.9. The van der Waals surface area contributed by atoms with Gasteiger partial charge in [-0.1, -0.05) is 58.0 Å². The van der Waals surface area contributed by atoms with Crippen molar-refractivity contribution in [1.29, 1.82) is 0 Å². The highest BCUT2D eigenvalue weighted by Gasteiger charge is 2.40. The lowest BCUT2D eigenvalue weighted by molar-refractivity contribution is 0.0924. The maximum Gasteiger partial charge on any atom is 0.266 e. The third-order valence-corrected chi connectivity index (χ3v) is 4.87. The Bertz CT molecular complexity index is 841. The lowest BCUT2D eigenvalue weighted by Crippen LogP contribution is -2.32. The van der Waals surface area contributed by atoms with E-state index in [1.165, 1.54) is 4.90 Å². The molecule has 0 saturated heterocycles. The van der Waals surface area contributed by atoms with Gasteiger partial charge >= 0.3 is 0 Å². The van der Waals surface area contributed by atoms with Crippen LogP contribution in [0.5, 0.6) is 0 Å². The number of imide groups is 1. The van der Waals surface area contributed by atoms with Gasteiger partial charge in [-0.05, 0) is 34.6 Å². The van der Waals surface area contributed by atoms with Gasteiger partial charge in [0.2, 0.25) is 0 Å². The number of benzene rings is 2. The third kappa shape index (κ3) is 2.84. The van der Waals surface area contributed by atoms with Crippen LogP contribution in [0.4, 0.5) is 5.69 Å². The van der Waals surface area contributed by atoms with Crippen LogP contribution >= 0.6 is 0 Å². The van der Waals surface area contributed by atoms with Gasteiger partial charge in [0.25, 0.3) is 11.8 Å². The van der Waals surface area contributed by atoms with Crippen molar-refractivity contribution in [2.24, 2.45) is 0 Å². The summed E-state index contributed by atoms with van der Waals surface area (Å²) >= 11 is 0. The van der Waals surface area contributed by atoms with Crippen molar-refractivity contribution in [3.63, 3.8) is 0 Å². The lowest BCUT2D eigenvalue weighted by atomic mass is 9.92. The van der Waals surface area contributed by atoms with Crippen LogP contribution in [-0.4, -0.2) is 18.9 Å². The number of carbonyl (C=O) groups is 2. The minimum atomic E-state index is -0.257. The standard InChI is InChI=1S/C22H25NO3/c1-13(2)16-9-7-10-17(14(3)4)20(16)23-21(24)18-11-6-8-15(12-26-5)19(18)22(23)25/h6-11,13-14H,12H2,1-5H3. The maximum atomic E-state index is 13.3. The molecule has 2 aromatic carbocycles. The molecule has 0 fully saturated rings. The summed E-state index contributed by atoms with van der Waals surface area (Å²) in [7, 11) is 1.59. The second-order valence-electron chi connectivity index (χ2n) is 7.31. The highest BCUT2D eigenvalue weighted by atomic mass is 16.5. The summed E-state index contributed by atoms with van der Waals surface area (Å²) in [5.74, 6) is -0.108. The highest BCUT2D eigenvalue weighted by Crippen LogP contribution is 2.40. The molecule has 0 atom stereocenters. The van der Waals surface area contributed by atoms with Crippen LogP contribution in [0.15, 0.2) is 36.4 Å². The Morgan fingerprint density at radius 2 is 1.46 bits per heavy atom. The third-order valence-electron chi connectivity index (χ3n) is 4.87. The molecule has 2 amide bonds. The fraction of sp³-hybridized carbons (Fsp3) is 0.364. The van der Waals surface area contributed by atoms with Gasteiger partial charge in [-0.2, -0.15) is 0 Å². The summed E-state index contributed by atoms with van der Waals surface area (Å²) in [5, 5.41) is 0. The largest absolute Gasteiger partial charge is 0.380 e. The average Bonchev–Trinajstić information content (AvgIpc) is 2.86. The van der Waals surface area contributed by atoms with Crippen LogP contribution in [0.25, 0.3) is 0 Å². The van der Waals surface area contributed by atoms with Gasteiger partial charge in [0.15, 0.2) is 0 Å². The van der Waals surface area contributed by atoms with Gasteiger partial charge in [0.05, 0.1) is 23.4 Å². The minimum Gasteiger partial charge on any atom is -0.380 e. The van der Waals surface area contributed by atoms with E-state index >= 15 is 0 Å². The first-order valence-corrected chi connectivity index (χ1v) is 9.00. The predicted octanol–water partition coefficient (Wildman–Crippen LogP) is 4.88. The quantitative estimate of drug-likeness (QED) is 0.721. The molecular formula is C22H25NO3. The number of carbonyl (C=O) groups excluding carboxylic acids is 2. The number of rotatable bonds is 5. The minimum absolute atomic E-state index is 0.200. The Morgan fingerprint density at radius 1 is 0.885 bits per heavy atom. The Morgan fingerprint density at radius 3 is 2.00 bits per heavy atom. The Kier molecular flexibility index (Phi) is 4.97. The molecule has 0 aliphatic carbocycles. The van der Waals surface area contributed by atoms with Crippen molar-refractivity contribution >= 4 is 17.5 Å². The average molecular weight is 351 g/mol. The van der Waals surface area contributed by atoms with E-state index < -0.39 is 0 Å². The first-order chi connectivity index (χ1) is 12.4. The van der Waals surface area contributed by atoms with Crippen LogP contribution < -0.4 is 4.90 Å². The van der Waals surface area contributed by atoms with Crippen molar-refractivity contribution in [2.45, 2.75) is 46.1 Å². The van der Waals surface area contributed by atoms with Crippen LogP contribution in [-0.2, 0) is 11.3 Å². The molecule has 4 nitrogen and oxygen atoms in total. The van der Waals surface area contributed by atoms with Crippen LogP contribution in [0.2, 0.25) is 0 Å². The molecular weight excluding hydrogens is 326 g/mol. The smallest absolute Gasteiger partial charge is 0.266 e. The summed E-state index contributed by atoms with van der Waals surface area (Å²) in [6.07, 6.45) is 0. The first-order valence-electron chi connectivity index (χ1n) is 9.00. The van der Waals surface area contributed by atoms with E-state index in [0.29, 0.717) is 17.7 Å². The van der Waals surface area contributed by atoms with Crippen molar-refractivity contribution in [3.05, 3.63) is 64.2 Å². The van der Waals surface area contributed by atoms with Gasteiger partial charge in [-0.25, -0.2) is 4.90 Å². The summed E-state index contributed by atoms with van der Waals surface area (Å²) in [4.78, 5) is 27.8. The molecule has 0 aromatic heterocycles. The van der Waals surface area contributed by atoms with Crippen molar-refractivity contribution < 1.29 is 14.3 Å². The second kappa shape index (κ2) is 7.04. The number of amides is 2. The topological polar surface area (TPSA) is 46.6 Å². The summed E-state index contributed by atoms with van der Waals surface area (Å²) in [6, 6.07) is 11.4. The molecule has 1 aliphatic rings. The van der Waals surface area contributed by atoms with Gasteiger partial charge < -0.3 is 4.74 Å². The first kappa shape index (κ1) is 18.3. The van der Waals surface area contributed by atoms with Crippen LogP contribution in [0, 0.1) is 0 Å². The summed E-state index contributed by atoms with van der Waals surface area (Å²) in [6.45, 7) is 8.63. The van der Waals surface area contributed by atoms with Gasteiger partial charge in [0.1, 0.15) is 0 Å². The zero-order chi connectivity index (χ0) is 19.0. The van der Waals surface area contributed by atoms with Gasteiger partial charge in [-0.15, -0.1) is 0 Å². The molecule has 26 heavy (non-hydrogen) atoms. The molecule has 0 spiro atoms. The fourth-order valence-electron chi connectivity index (χ4n) is 3.60. The number of hydrogen-bond acceptors (Lipinski definition) is 3. The molecule has 3 rings (SSSR count). The van der Waals surface area contributed by atoms with Crippen LogP contribution in [0.3, 0.4) is 0 Å². The number of para-hydroxylation sites is 1. The van der Waals surface area contributed by atoms with E-state index in [4.69, 9.17) is 4.74 Å². The van der Waals surface area contributed by atoms with Gasteiger partial charge in [0, 0.05) is 7.11 Å². The lowest BCUT2D eigenvalue weighted by Gasteiger charge is -2.25. The number of ether oxygens (including phenoxy) is 1. The second-order valence-corrected chi connectivity index (χ2v) is 7.31. The van der Waals surface area contributed by atoms with E-state index in [1.54, 1.807) is 19.2 Å². The molecule has 0 saturated carbocycles. The SMILES string of the molecule is COCc1cccc2c1C(=O)N(c1c(C(C)C)cccc1C(C)C)C2=O. The fourth-order valence-corrected chi connectivity index (χ4v) is 3.60. The van der Waals surface area contributed by atoms with E-state index in [9.17, 15) is 9.59 Å². The van der Waals surface area contributed by atoms with E-state index in [2.05, 4.69) is 27.7 Å². The Hall–Kier alpha value is -2.46. The monoisotopic (exact) mass is 351 g/mol. The van der Waals surface area contributed by atoms with Gasteiger partial charge in [-0.3, -0.25) is 9.59 Å². The zero-order valence-corrected chi connectivity index (χ0v) is 16.0. The van der Waals surface area contributed by atoms with Crippen molar-refractivity contribution in [3.8, 4) is 0 Å². The molecule has 136 valence electrons. The predicted molar refractivity (Wildman–Crippen MR) is 103 cm³/mol. The van der Waals surface area contributed by atoms with E-state index in [0.717, 1.165) is 22.4 Å². The Balaban J connectivity index is 2.22. The molecule has 4 heteroatoms. The van der Waals surface area contributed by atoms with Crippen molar-refractivity contribution in [2.75, 3.05) is 12.0 Å². The molecule has 0 bridgehead atoms. The number of fused-ring (bicyclic) bond motifs is 1. The Labute approximate surface area is 154 Å². The number of methoxy groups -OCH3 is 1. The molecule has 0 N–H and O–H groups in total. The molecule has 0 unspecified atom stereocenters. The molecule has 1 aliphatic heterocycles.